The number of furan rings is 1. The maximum atomic E-state index is 6.64. The Labute approximate surface area is 330 Å². The Morgan fingerprint density at radius 3 is 1.75 bits per heavy atom. The lowest BCUT2D eigenvalue weighted by Crippen LogP contribution is -2.00. The molecule has 8 aromatic carbocycles. The number of fused-ring (bicyclic) bond motifs is 9. The van der Waals surface area contributed by atoms with Crippen LogP contribution in [0.5, 0.6) is 0 Å². The predicted octanol–water partition coefficient (Wildman–Crippen LogP) is 13.9. The highest BCUT2D eigenvalue weighted by Gasteiger charge is 2.18. The Morgan fingerprint density at radius 1 is 0.386 bits per heavy atom. The molecule has 0 bridgehead atoms. The van der Waals surface area contributed by atoms with Crippen molar-refractivity contribution in [2.75, 3.05) is 0 Å². The molecule has 0 amide bonds. The van der Waals surface area contributed by atoms with Gasteiger partial charge in [-0.1, -0.05) is 115 Å². The van der Waals surface area contributed by atoms with E-state index in [0.29, 0.717) is 17.5 Å². The molecule has 0 atom stereocenters. The Bertz CT molecular complexity index is 3530. The van der Waals surface area contributed by atoms with Crippen molar-refractivity contribution in [3.63, 3.8) is 0 Å². The Kier molecular flexibility index (Phi) is 7.03. The summed E-state index contributed by atoms with van der Waals surface area (Å²) < 4.78 is 11.5. The van der Waals surface area contributed by atoms with Gasteiger partial charge in [0.25, 0.3) is 0 Å². The van der Waals surface area contributed by atoms with Gasteiger partial charge in [0.2, 0.25) is 0 Å². The van der Waals surface area contributed by atoms with E-state index in [4.69, 9.17) is 19.4 Å². The number of hydrogen-bond acceptors (Lipinski definition) is 5. The zero-order valence-corrected chi connectivity index (χ0v) is 31.2. The molecule has 0 saturated heterocycles. The maximum Gasteiger partial charge on any atom is 0.164 e. The van der Waals surface area contributed by atoms with E-state index in [1.807, 2.05) is 41.7 Å². The lowest BCUT2D eigenvalue weighted by molar-refractivity contribution is 0.669. The van der Waals surface area contributed by atoms with Crippen molar-refractivity contribution in [1.82, 2.24) is 19.5 Å². The highest BCUT2D eigenvalue weighted by atomic mass is 32.1. The van der Waals surface area contributed by atoms with Crippen LogP contribution in [0.1, 0.15) is 0 Å². The highest BCUT2D eigenvalue weighted by molar-refractivity contribution is 7.26. The minimum Gasteiger partial charge on any atom is -0.456 e. The number of hydrogen-bond donors (Lipinski definition) is 0. The van der Waals surface area contributed by atoms with E-state index in [-0.39, 0.29) is 0 Å². The quantitative estimate of drug-likeness (QED) is 0.176. The van der Waals surface area contributed by atoms with Crippen molar-refractivity contribution in [3.05, 3.63) is 182 Å². The van der Waals surface area contributed by atoms with Gasteiger partial charge in [-0.25, -0.2) is 15.0 Å². The fraction of sp³-hybridized carbons (Fsp3) is 0. The van der Waals surface area contributed by atoms with Crippen LogP contribution in [0.3, 0.4) is 0 Å². The van der Waals surface area contributed by atoms with Gasteiger partial charge in [-0.2, -0.15) is 0 Å². The van der Waals surface area contributed by atoms with Crippen LogP contribution in [0.25, 0.3) is 115 Å². The molecule has 5 nitrogen and oxygen atoms in total. The SMILES string of the molecule is c1ccc(-c2nc(-c3ccc4c(c3)oc3cc(-c5cccc6c5sc5ccccc56)ccc34)nc(-c3ccc4c(c3)c3ccccc3n4-c3ccccc3)n2)cc1. The average Bonchev–Trinajstić information content (AvgIpc) is 3.95. The molecule has 0 N–H and O–H groups in total. The van der Waals surface area contributed by atoms with E-state index < -0.39 is 0 Å². The molecule has 6 heteroatoms. The minimum atomic E-state index is 0.588. The van der Waals surface area contributed by atoms with Crippen molar-refractivity contribution < 1.29 is 4.42 Å². The monoisotopic (exact) mass is 746 g/mol. The first-order valence-corrected chi connectivity index (χ1v) is 19.8. The van der Waals surface area contributed by atoms with Gasteiger partial charge in [-0.3, -0.25) is 0 Å². The molecule has 57 heavy (non-hydrogen) atoms. The van der Waals surface area contributed by atoms with Gasteiger partial charge in [-0.05, 0) is 77.9 Å². The third kappa shape index (κ3) is 5.12. The second-order valence-corrected chi connectivity index (χ2v) is 15.4. The molecule has 0 fully saturated rings. The van der Waals surface area contributed by atoms with Crippen LogP contribution in [0, 0.1) is 0 Å². The van der Waals surface area contributed by atoms with E-state index in [9.17, 15) is 0 Å². The van der Waals surface area contributed by atoms with Crippen LogP contribution < -0.4 is 0 Å². The normalized spacial score (nSPS) is 11.9. The molecule has 0 radical (unpaired) electrons. The second kappa shape index (κ2) is 12.6. The second-order valence-electron chi connectivity index (χ2n) is 14.4. The first-order chi connectivity index (χ1) is 28.2. The van der Waals surface area contributed by atoms with E-state index in [2.05, 4.69) is 156 Å². The van der Waals surface area contributed by atoms with Crippen molar-refractivity contribution in [3.8, 4) is 51.0 Å². The van der Waals surface area contributed by atoms with Gasteiger partial charge in [0.1, 0.15) is 11.2 Å². The Hall–Kier alpha value is -7.41. The van der Waals surface area contributed by atoms with Crippen LogP contribution in [0.4, 0.5) is 0 Å². The lowest BCUT2D eigenvalue weighted by atomic mass is 10.0. The van der Waals surface area contributed by atoms with Gasteiger partial charge < -0.3 is 8.98 Å². The summed E-state index contributed by atoms with van der Waals surface area (Å²) in [6.07, 6.45) is 0. The molecule has 266 valence electrons. The summed E-state index contributed by atoms with van der Waals surface area (Å²) in [5.74, 6) is 1.82. The summed E-state index contributed by atoms with van der Waals surface area (Å²) in [5.41, 5.74) is 10.1. The zero-order valence-electron chi connectivity index (χ0n) is 30.4. The number of nitrogens with zero attached hydrogens (tertiary/aromatic N) is 4. The first-order valence-electron chi connectivity index (χ1n) is 19.0. The molecule has 0 saturated carbocycles. The highest BCUT2D eigenvalue weighted by Crippen LogP contribution is 2.42. The largest absolute Gasteiger partial charge is 0.456 e. The molecule has 0 aliphatic heterocycles. The van der Waals surface area contributed by atoms with E-state index >= 15 is 0 Å². The lowest BCUT2D eigenvalue weighted by Gasteiger charge is -2.10. The summed E-state index contributed by atoms with van der Waals surface area (Å²) in [7, 11) is 0. The predicted molar refractivity (Wildman–Crippen MR) is 236 cm³/mol. The topological polar surface area (TPSA) is 56.7 Å². The van der Waals surface area contributed by atoms with Gasteiger partial charge in [0.05, 0.1) is 11.0 Å². The number of para-hydroxylation sites is 2. The molecule has 12 aromatic rings. The molecule has 12 rings (SSSR count). The van der Waals surface area contributed by atoms with Crippen LogP contribution in [-0.4, -0.2) is 19.5 Å². The van der Waals surface area contributed by atoms with Crippen LogP contribution in [0.15, 0.2) is 186 Å². The average molecular weight is 747 g/mol. The molecule has 4 aromatic heterocycles. The zero-order chi connectivity index (χ0) is 37.5. The molecule has 0 aliphatic carbocycles. The smallest absolute Gasteiger partial charge is 0.164 e. The van der Waals surface area contributed by atoms with Crippen LogP contribution in [-0.2, 0) is 0 Å². The summed E-state index contributed by atoms with van der Waals surface area (Å²) >= 11 is 1.84. The molecular formula is C51H30N4OS. The van der Waals surface area contributed by atoms with Crippen LogP contribution >= 0.6 is 11.3 Å². The molecule has 0 unspecified atom stereocenters. The van der Waals surface area contributed by atoms with Crippen molar-refractivity contribution in [1.29, 1.82) is 0 Å². The van der Waals surface area contributed by atoms with Gasteiger partial charge in [-0.15, -0.1) is 11.3 Å². The van der Waals surface area contributed by atoms with Crippen molar-refractivity contribution in [2.24, 2.45) is 0 Å². The third-order valence-corrected chi connectivity index (χ3v) is 12.3. The van der Waals surface area contributed by atoms with E-state index in [1.54, 1.807) is 0 Å². The fourth-order valence-corrected chi connectivity index (χ4v) is 9.61. The molecule has 0 spiro atoms. The fourth-order valence-electron chi connectivity index (χ4n) is 8.38. The standard InChI is InChI=1S/C51H30N4OS/c1-3-12-31(13-4-1)49-52-50(33-24-27-44-42(28-33)37-16-7-9-20-43(37)55(44)35-14-5-2-6-15-35)54-51(53-49)34-23-26-39-38-25-22-32(29-45(38)56-46(39)30-34)36-18-11-19-41-40-17-8-10-21-47(40)57-48(36)41/h1-30H. The Morgan fingerprint density at radius 2 is 0.965 bits per heavy atom. The van der Waals surface area contributed by atoms with Gasteiger partial charge in [0, 0.05) is 64.1 Å². The minimum absolute atomic E-state index is 0.588. The molecule has 0 aliphatic rings. The van der Waals surface area contributed by atoms with Gasteiger partial charge >= 0.3 is 0 Å². The van der Waals surface area contributed by atoms with E-state index in [0.717, 1.165) is 66.3 Å². The van der Waals surface area contributed by atoms with E-state index in [1.165, 1.54) is 31.1 Å². The van der Waals surface area contributed by atoms with Gasteiger partial charge in [0.15, 0.2) is 17.5 Å². The summed E-state index contributed by atoms with van der Waals surface area (Å²) in [4.78, 5) is 15.3. The summed E-state index contributed by atoms with van der Waals surface area (Å²) in [6, 6.07) is 63.7. The van der Waals surface area contributed by atoms with Crippen molar-refractivity contribution in [2.45, 2.75) is 0 Å². The third-order valence-electron chi connectivity index (χ3n) is 11.1. The van der Waals surface area contributed by atoms with Crippen molar-refractivity contribution >= 4 is 75.3 Å². The molecular weight excluding hydrogens is 717 g/mol. The maximum absolute atomic E-state index is 6.64. The summed E-state index contributed by atoms with van der Waals surface area (Å²) in [6.45, 7) is 0. The summed E-state index contributed by atoms with van der Waals surface area (Å²) in [5, 5.41) is 7.03. The number of aromatic nitrogens is 4. The first kappa shape index (κ1) is 31.9. The molecule has 4 heterocycles. The van der Waals surface area contributed by atoms with Crippen LogP contribution in [0.2, 0.25) is 0 Å². The number of thiophene rings is 1. The number of benzene rings is 8. The number of rotatable bonds is 5. The Balaban J connectivity index is 0.991.